The van der Waals surface area contributed by atoms with Gasteiger partial charge in [-0.05, 0) is 6.92 Å². The molecule has 0 aliphatic heterocycles. The molecule has 0 bridgehead atoms. The van der Waals surface area contributed by atoms with E-state index in [1.807, 2.05) is 0 Å². The van der Waals surface area contributed by atoms with Gasteiger partial charge in [0.15, 0.2) is 5.01 Å². The molecule has 0 saturated carbocycles. The van der Waals surface area contributed by atoms with Crippen LogP contribution in [0.3, 0.4) is 0 Å². The predicted molar refractivity (Wildman–Crippen MR) is 51.2 cm³/mol. The van der Waals surface area contributed by atoms with E-state index in [4.69, 9.17) is 5.73 Å². The molecule has 0 unspecified atom stereocenters. The van der Waals surface area contributed by atoms with E-state index in [9.17, 15) is 4.39 Å². The maximum Gasteiger partial charge on any atom is 0.221 e. The molecule has 0 aliphatic carbocycles. The number of halogens is 1. The van der Waals surface area contributed by atoms with E-state index in [1.165, 1.54) is 11.7 Å². The third kappa shape index (κ3) is 1.25. The van der Waals surface area contributed by atoms with Crippen molar-refractivity contribution < 1.29 is 4.39 Å². The molecular formula is C7H8FN5S. The summed E-state index contributed by atoms with van der Waals surface area (Å²) in [6.45, 7) is 1.72. The molecule has 7 heteroatoms. The number of nitrogen functional groups attached to an aromatic ring is 1. The van der Waals surface area contributed by atoms with Crippen molar-refractivity contribution in [1.82, 2.24) is 20.0 Å². The molecule has 2 rings (SSSR count). The average molecular weight is 213 g/mol. The molecule has 0 spiro atoms. The predicted octanol–water partition coefficient (Wildman–Crippen LogP) is 0.968. The zero-order chi connectivity index (χ0) is 10.3. The Morgan fingerprint density at radius 1 is 1.43 bits per heavy atom. The second-order valence-electron chi connectivity index (χ2n) is 2.82. The Balaban J connectivity index is 2.61. The zero-order valence-electron chi connectivity index (χ0n) is 7.65. The molecule has 0 aromatic carbocycles. The lowest BCUT2D eigenvalue weighted by Crippen LogP contribution is -1.93. The van der Waals surface area contributed by atoms with Gasteiger partial charge < -0.3 is 5.73 Å². The minimum absolute atomic E-state index is 0.322. The monoisotopic (exact) mass is 213 g/mol. The summed E-state index contributed by atoms with van der Waals surface area (Å²) >= 11 is 1.14. The lowest BCUT2D eigenvalue weighted by Gasteiger charge is -1.90. The molecule has 2 aromatic rings. The van der Waals surface area contributed by atoms with Gasteiger partial charge in [-0.3, -0.25) is 0 Å². The lowest BCUT2D eigenvalue weighted by molar-refractivity contribution is 0.505. The number of nitrogens with zero attached hydrogens (tertiary/aromatic N) is 4. The fourth-order valence-corrected chi connectivity index (χ4v) is 1.90. The number of nitrogens with two attached hydrogens (primary N) is 1. The van der Waals surface area contributed by atoms with Crippen LogP contribution in [-0.2, 0) is 7.05 Å². The fourth-order valence-electron chi connectivity index (χ4n) is 1.21. The smallest absolute Gasteiger partial charge is 0.221 e. The fraction of sp³-hybridized carbons (Fsp3) is 0.286. The van der Waals surface area contributed by atoms with Gasteiger partial charge in [0.25, 0.3) is 0 Å². The molecule has 2 heterocycles. The van der Waals surface area contributed by atoms with Crippen LogP contribution in [0.5, 0.6) is 0 Å². The lowest BCUT2D eigenvalue weighted by atomic mass is 10.3. The van der Waals surface area contributed by atoms with E-state index in [-0.39, 0.29) is 0 Å². The zero-order valence-corrected chi connectivity index (χ0v) is 8.47. The van der Waals surface area contributed by atoms with Gasteiger partial charge in [-0.2, -0.15) is 9.49 Å². The van der Waals surface area contributed by atoms with Crippen molar-refractivity contribution >= 4 is 16.5 Å². The third-order valence-electron chi connectivity index (χ3n) is 1.81. The molecule has 14 heavy (non-hydrogen) atoms. The Morgan fingerprint density at radius 2 is 2.14 bits per heavy atom. The van der Waals surface area contributed by atoms with Gasteiger partial charge in [0.2, 0.25) is 11.1 Å². The van der Waals surface area contributed by atoms with Gasteiger partial charge in [0, 0.05) is 7.05 Å². The molecule has 0 aliphatic rings. The minimum atomic E-state index is -0.418. The van der Waals surface area contributed by atoms with Crippen LogP contribution in [0.15, 0.2) is 0 Å². The summed E-state index contributed by atoms with van der Waals surface area (Å²) in [4.78, 5) is 0. The molecule has 2 N–H and O–H groups in total. The van der Waals surface area contributed by atoms with E-state index < -0.39 is 5.95 Å². The van der Waals surface area contributed by atoms with Crippen molar-refractivity contribution in [3.8, 4) is 10.6 Å². The number of aromatic nitrogens is 4. The SMILES string of the molecule is Cc1nn(C)c(F)c1-c1nnc(N)s1. The van der Waals surface area contributed by atoms with Crippen molar-refractivity contribution in [1.29, 1.82) is 0 Å². The van der Waals surface area contributed by atoms with Crippen LogP contribution in [0.4, 0.5) is 9.52 Å². The molecule has 5 nitrogen and oxygen atoms in total. The summed E-state index contributed by atoms with van der Waals surface area (Å²) < 4.78 is 14.7. The summed E-state index contributed by atoms with van der Waals surface area (Å²) in [6.07, 6.45) is 0. The molecule has 0 radical (unpaired) electrons. The minimum Gasteiger partial charge on any atom is -0.374 e. The van der Waals surface area contributed by atoms with Crippen LogP contribution >= 0.6 is 11.3 Å². The molecule has 74 valence electrons. The normalized spacial score (nSPS) is 10.8. The first-order chi connectivity index (χ1) is 6.59. The summed E-state index contributed by atoms with van der Waals surface area (Å²) in [7, 11) is 1.54. The van der Waals surface area contributed by atoms with Crippen LogP contribution in [0, 0.1) is 12.9 Å². The van der Waals surface area contributed by atoms with Crippen molar-refractivity contribution in [2.24, 2.45) is 7.05 Å². The quantitative estimate of drug-likeness (QED) is 0.766. The Morgan fingerprint density at radius 3 is 2.57 bits per heavy atom. The standard InChI is InChI=1S/C7H8FN5S/c1-3-4(5(8)13(2)12-3)6-10-11-7(9)14-6/h1-2H3,(H2,9,11). The highest BCUT2D eigenvalue weighted by Gasteiger charge is 2.18. The maximum absolute atomic E-state index is 13.5. The van der Waals surface area contributed by atoms with E-state index in [0.29, 0.717) is 21.4 Å². The van der Waals surface area contributed by atoms with E-state index in [1.54, 1.807) is 6.92 Å². The van der Waals surface area contributed by atoms with Crippen LogP contribution < -0.4 is 5.73 Å². The second-order valence-corrected chi connectivity index (χ2v) is 3.83. The van der Waals surface area contributed by atoms with Crippen molar-refractivity contribution in [3.63, 3.8) is 0 Å². The summed E-state index contributed by atoms with van der Waals surface area (Å²) in [5.41, 5.74) is 6.38. The summed E-state index contributed by atoms with van der Waals surface area (Å²) in [5.74, 6) is -0.418. The second kappa shape index (κ2) is 3.02. The van der Waals surface area contributed by atoms with Gasteiger partial charge in [-0.1, -0.05) is 11.3 Å². The van der Waals surface area contributed by atoms with E-state index >= 15 is 0 Å². The van der Waals surface area contributed by atoms with Gasteiger partial charge in [0.1, 0.15) is 0 Å². The molecule has 0 amide bonds. The van der Waals surface area contributed by atoms with Crippen LogP contribution in [0.1, 0.15) is 5.69 Å². The van der Waals surface area contributed by atoms with Gasteiger partial charge >= 0.3 is 0 Å². The molecule has 0 fully saturated rings. The van der Waals surface area contributed by atoms with Crippen molar-refractivity contribution in [2.45, 2.75) is 6.92 Å². The first-order valence-corrected chi connectivity index (χ1v) is 4.69. The van der Waals surface area contributed by atoms with Gasteiger partial charge in [-0.25, -0.2) is 4.68 Å². The topological polar surface area (TPSA) is 69.6 Å². The number of aryl methyl sites for hydroxylation is 2. The van der Waals surface area contributed by atoms with Crippen molar-refractivity contribution in [2.75, 3.05) is 5.73 Å². The largest absolute Gasteiger partial charge is 0.374 e. The van der Waals surface area contributed by atoms with Crippen LogP contribution in [-0.4, -0.2) is 20.0 Å². The van der Waals surface area contributed by atoms with Crippen LogP contribution in [0.2, 0.25) is 0 Å². The van der Waals surface area contributed by atoms with Crippen molar-refractivity contribution in [3.05, 3.63) is 11.6 Å². The van der Waals surface area contributed by atoms with Gasteiger partial charge in [0.05, 0.1) is 11.3 Å². The van der Waals surface area contributed by atoms with E-state index in [2.05, 4.69) is 15.3 Å². The molecule has 0 atom stereocenters. The highest BCUT2D eigenvalue weighted by atomic mass is 32.1. The Labute approximate surface area is 83.4 Å². The first-order valence-electron chi connectivity index (χ1n) is 3.88. The Bertz CT molecular complexity index is 474. The third-order valence-corrected chi connectivity index (χ3v) is 2.58. The average Bonchev–Trinajstić information content (AvgIpc) is 2.60. The van der Waals surface area contributed by atoms with Gasteiger partial charge in [-0.15, -0.1) is 10.2 Å². The number of hydrogen-bond donors (Lipinski definition) is 1. The molecule has 2 aromatic heterocycles. The molecular weight excluding hydrogens is 205 g/mol. The summed E-state index contributed by atoms with van der Waals surface area (Å²) in [6, 6.07) is 0. The Kier molecular flexibility index (Phi) is 1.95. The first kappa shape index (κ1) is 9.07. The number of anilines is 1. The highest BCUT2D eigenvalue weighted by molar-refractivity contribution is 7.18. The van der Waals surface area contributed by atoms with E-state index in [0.717, 1.165) is 11.3 Å². The highest BCUT2D eigenvalue weighted by Crippen LogP contribution is 2.29. The number of rotatable bonds is 1. The summed E-state index contributed by atoms with van der Waals surface area (Å²) in [5, 5.41) is 12.1. The number of hydrogen-bond acceptors (Lipinski definition) is 5. The Hall–Kier alpha value is -1.50. The maximum atomic E-state index is 13.5. The van der Waals surface area contributed by atoms with Crippen LogP contribution in [0.25, 0.3) is 10.6 Å². The molecule has 0 saturated heterocycles.